The van der Waals surface area contributed by atoms with E-state index in [4.69, 9.17) is 0 Å². The Labute approximate surface area is 127 Å². The SMILES string of the molecule is CC[C@]12C=CCN3CC[C@@]4(c5ccccc5N[C@H]4CC1)[C@@H]32. The minimum atomic E-state index is 0.357. The lowest BCUT2D eigenvalue weighted by molar-refractivity contribution is 0.0364. The lowest BCUT2D eigenvalue weighted by Gasteiger charge is -2.55. The monoisotopic (exact) mass is 280 g/mol. The number of anilines is 1. The summed E-state index contributed by atoms with van der Waals surface area (Å²) < 4.78 is 0. The average molecular weight is 280 g/mol. The van der Waals surface area contributed by atoms with E-state index in [1.165, 1.54) is 37.9 Å². The van der Waals surface area contributed by atoms with Crippen molar-refractivity contribution in [2.24, 2.45) is 5.41 Å². The van der Waals surface area contributed by atoms with Crippen LogP contribution >= 0.6 is 0 Å². The Kier molecular flexibility index (Phi) is 2.29. The van der Waals surface area contributed by atoms with Crippen LogP contribution < -0.4 is 5.32 Å². The summed E-state index contributed by atoms with van der Waals surface area (Å²) in [6.07, 6.45) is 10.3. The van der Waals surface area contributed by atoms with Crippen LogP contribution in [0.3, 0.4) is 0 Å². The highest BCUT2D eigenvalue weighted by molar-refractivity contribution is 5.64. The maximum atomic E-state index is 3.88. The molecule has 0 radical (unpaired) electrons. The Morgan fingerprint density at radius 1 is 1.29 bits per heavy atom. The van der Waals surface area contributed by atoms with E-state index in [0.29, 0.717) is 22.9 Å². The van der Waals surface area contributed by atoms with Gasteiger partial charge >= 0.3 is 0 Å². The third-order valence-electron chi connectivity index (χ3n) is 6.94. The largest absolute Gasteiger partial charge is 0.381 e. The van der Waals surface area contributed by atoms with Gasteiger partial charge in [-0.2, -0.15) is 0 Å². The van der Waals surface area contributed by atoms with Gasteiger partial charge in [0.05, 0.1) is 0 Å². The van der Waals surface area contributed by atoms with Crippen molar-refractivity contribution in [3.05, 3.63) is 42.0 Å². The number of para-hydroxylation sites is 1. The van der Waals surface area contributed by atoms with E-state index in [-0.39, 0.29) is 0 Å². The van der Waals surface area contributed by atoms with Crippen LogP contribution in [0, 0.1) is 5.41 Å². The first kappa shape index (κ1) is 12.3. The molecule has 1 N–H and O–H groups in total. The molecule has 0 amide bonds. The molecule has 0 unspecified atom stereocenters. The summed E-state index contributed by atoms with van der Waals surface area (Å²) in [5.74, 6) is 0. The number of nitrogens with zero attached hydrogens (tertiary/aromatic N) is 1. The smallest absolute Gasteiger partial charge is 0.0382 e. The van der Waals surface area contributed by atoms with Gasteiger partial charge < -0.3 is 5.32 Å². The van der Waals surface area contributed by atoms with E-state index in [1.807, 2.05) is 0 Å². The quantitative estimate of drug-likeness (QED) is 0.791. The van der Waals surface area contributed by atoms with Crippen molar-refractivity contribution in [3.8, 4) is 0 Å². The summed E-state index contributed by atoms with van der Waals surface area (Å²) in [4.78, 5) is 2.78. The number of hydrogen-bond donors (Lipinski definition) is 1. The van der Waals surface area contributed by atoms with Crippen LogP contribution in [0.5, 0.6) is 0 Å². The molecule has 0 aromatic heterocycles. The summed E-state index contributed by atoms with van der Waals surface area (Å²) in [5.41, 5.74) is 3.78. The van der Waals surface area contributed by atoms with Gasteiger partial charge in [-0.05, 0) is 43.9 Å². The van der Waals surface area contributed by atoms with Crippen molar-refractivity contribution in [2.45, 2.75) is 50.1 Å². The minimum absolute atomic E-state index is 0.357. The zero-order valence-electron chi connectivity index (χ0n) is 12.8. The molecule has 1 spiro atoms. The van der Waals surface area contributed by atoms with Gasteiger partial charge in [0.25, 0.3) is 0 Å². The zero-order valence-corrected chi connectivity index (χ0v) is 12.8. The van der Waals surface area contributed by atoms with Gasteiger partial charge in [0, 0.05) is 35.1 Å². The lowest BCUT2D eigenvalue weighted by Crippen LogP contribution is -2.62. The molecule has 1 saturated heterocycles. The van der Waals surface area contributed by atoms with Gasteiger partial charge in [-0.1, -0.05) is 37.3 Å². The Balaban J connectivity index is 1.75. The van der Waals surface area contributed by atoms with Crippen molar-refractivity contribution in [2.75, 3.05) is 18.4 Å². The van der Waals surface area contributed by atoms with Crippen LogP contribution in [0.2, 0.25) is 0 Å². The van der Waals surface area contributed by atoms with Crippen LogP contribution in [0.25, 0.3) is 0 Å². The molecule has 2 heteroatoms. The van der Waals surface area contributed by atoms with Crippen LogP contribution in [-0.2, 0) is 5.41 Å². The normalized spacial score (nSPS) is 43.1. The van der Waals surface area contributed by atoms with Gasteiger partial charge in [0.2, 0.25) is 0 Å². The molecule has 3 aliphatic heterocycles. The first-order valence-corrected chi connectivity index (χ1v) is 8.58. The van der Waals surface area contributed by atoms with E-state index in [2.05, 4.69) is 53.6 Å². The summed E-state index contributed by atoms with van der Waals surface area (Å²) in [5, 5.41) is 3.88. The molecule has 4 aliphatic rings. The number of benzene rings is 1. The highest BCUT2D eigenvalue weighted by Crippen LogP contribution is 2.62. The van der Waals surface area contributed by atoms with Gasteiger partial charge in [0.15, 0.2) is 0 Å². The fraction of sp³-hybridized carbons (Fsp3) is 0.579. The van der Waals surface area contributed by atoms with E-state index < -0.39 is 0 Å². The summed E-state index contributed by atoms with van der Waals surface area (Å²) >= 11 is 0. The summed E-state index contributed by atoms with van der Waals surface area (Å²) in [6.45, 7) is 4.82. The number of fused-ring (bicyclic) bond motifs is 1. The molecule has 21 heavy (non-hydrogen) atoms. The molecule has 110 valence electrons. The van der Waals surface area contributed by atoms with Crippen molar-refractivity contribution in [1.29, 1.82) is 0 Å². The van der Waals surface area contributed by atoms with Gasteiger partial charge in [0.1, 0.15) is 0 Å². The Morgan fingerprint density at radius 2 is 2.19 bits per heavy atom. The zero-order chi connectivity index (χ0) is 14.1. The van der Waals surface area contributed by atoms with Gasteiger partial charge in [-0.25, -0.2) is 0 Å². The number of hydrogen-bond acceptors (Lipinski definition) is 2. The van der Waals surface area contributed by atoms with Crippen molar-refractivity contribution in [3.63, 3.8) is 0 Å². The van der Waals surface area contributed by atoms with Crippen LogP contribution in [0.1, 0.15) is 38.2 Å². The first-order valence-electron chi connectivity index (χ1n) is 8.58. The molecule has 1 saturated carbocycles. The molecule has 1 aliphatic carbocycles. The fourth-order valence-electron chi connectivity index (χ4n) is 6.12. The molecular weight excluding hydrogens is 256 g/mol. The molecule has 4 atom stereocenters. The highest BCUT2D eigenvalue weighted by Gasteiger charge is 2.65. The molecule has 3 heterocycles. The molecule has 2 fully saturated rings. The number of rotatable bonds is 1. The van der Waals surface area contributed by atoms with E-state index in [9.17, 15) is 0 Å². The molecule has 2 nitrogen and oxygen atoms in total. The maximum absolute atomic E-state index is 3.88. The van der Waals surface area contributed by atoms with Crippen LogP contribution in [0.15, 0.2) is 36.4 Å². The second-order valence-electron chi connectivity index (χ2n) is 7.46. The van der Waals surface area contributed by atoms with Gasteiger partial charge in [-0.15, -0.1) is 0 Å². The number of nitrogens with one attached hydrogen (secondary N) is 1. The standard InChI is InChI=1S/C19H24N2/c1-2-18-9-5-12-21-13-11-19(17(18)21)14-6-3-4-7-15(14)20-16(19)8-10-18/h3-7,9,16-17,20H,2,8,10-13H2,1H3/t16-,17-,18-,19-/m0/s1. The molecular formula is C19H24N2. The third kappa shape index (κ3) is 1.29. The van der Waals surface area contributed by atoms with E-state index in [0.717, 1.165) is 6.54 Å². The maximum Gasteiger partial charge on any atom is 0.0382 e. The fourth-order valence-corrected chi connectivity index (χ4v) is 6.12. The van der Waals surface area contributed by atoms with Crippen LogP contribution in [0.4, 0.5) is 5.69 Å². The highest BCUT2D eigenvalue weighted by atomic mass is 15.2. The first-order chi connectivity index (χ1) is 10.3. The lowest BCUT2D eigenvalue weighted by atomic mass is 9.53. The molecule has 5 rings (SSSR count). The second-order valence-corrected chi connectivity index (χ2v) is 7.46. The Hall–Kier alpha value is -1.28. The van der Waals surface area contributed by atoms with E-state index in [1.54, 1.807) is 5.56 Å². The Morgan fingerprint density at radius 3 is 3.10 bits per heavy atom. The third-order valence-corrected chi connectivity index (χ3v) is 6.94. The average Bonchev–Trinajstić information content (AvgIpc) is 3.08. The van der Waals surface area contributed by atoms with Crippen molar-refractivity contribution < 1.29 is 0 Å². The van der Waals surface area contributed by atoms with Crippen molar-refractivity contribution in [1.82, 2.24) is 4.90 Å². The van der Waals surface area contributed by atoms with Crippen molar-refractivity contribution >= 4 is 5.69 Å². The summed E-state index contributed by atoms with van der Waals surface area (Å²) in [7, 11) is 0. The summed E-state index contributed by atoms with van der Waals surface area (Å²) in [6, 6.07) is 10.5. The molecule has 1 aromatic carbocycles. The molecule has 0 bridgehead atoms. The Bertz CT molecular complexity index is 622. The second kappa shape index (κ2) is 3.92. The van der Waals surface area contributed by atoms with Gasteiger partial charge in [-0.3, -0.25) is 4.90 Å². The topological polar surface area (TPSA) is 15.3 Å². The predicted octanol–water partition coefficient (Wildman–Crippen LogP) is 3.55. The molecule has 1 aromatic rings. The predicted molar refractivity (Wildman–Crippen MR) is 86.6 cm³/mol. The van der Waals surface area contributed by atoms with Crippen LogP contribution in [-0.4, -0.2) is 30.1 Å². The minimum Gasteiger partial charge on any atom is -0.381 e. The van der Waals surface area contributed by atoms with E-state index >= 15 is 0 Å².